The Hall–Kier alpha value is -0.820. The number of fused-ring (bicyclic) bond motifs is 1. The van der Waals surface area contributed by atoms with Gasteiger partial charge < -0.3 is 4.90 Å². The SMILES string of the molecule is CC(C)N1CCC2(CCc3ccccc3C2)CC1. The Kier molecular flexibility index (Phi) is 3.19. The molecule has 0 amide bonds. The topological polar surface area (TPSA) is 3.24 Å². The Morgan fingerprint density at radius 2 is 1.67 bits per heavy atom. The molecule has 98 valence electrons. The lowest BCUT2D eigenvalue weighted by Gasteiger charge is -2.46. The van der Waals surface area contributed by atoms with Crippen molar-refractivity contribution in [1.82, 2.24) is 4.90 Å². The Morgan fingerprint density at radius 1 is 1.00 bits per heavy atom. The van der Waals surface area contributed by atoms with Crippen molar-refractivity contribution >= 4 is 0 Å². The molecule has 1 heteroatoms. The third kappa shape index (κ3) is 2.21. The van der Waals surface area contributed by atoms with Crippen molar-refractivity contribution in [2.75, 3.05) is 13.1 Å². The second-order valence-corrected chi connectivity index (χ2v) is 6.58. The fraction of sp³-hybridized carbons (Fsp3) is 0.647. The van der Waals surface area contributed by atoms with Crippen LogP contribution in [0.4, 0.5) is 0 Å². The quantitative estimate of drug-likeness (QED) is 0.727. The highest BCUT2D eigenvalue weighted by molar-refractivity contribution is 5.31. The number of hydrogen-bond acceptors (Lipinski definition) is 1. The van der Waals surface area contributed by atoms with Gasteiger partial charge in [0.25, 0.3) is 0 Å². The van der Waals surface area contributed by atoms with Crippen LogP contribution >= 0.6 is 0 Å². The number of piperidine rings is 1. The summed E-state index contributed by atoms with van der Waals surface area (Å²) in [6, 6.07) is 9.80. The zero-order chi connectivity index (χ0) is 12.6. The molecule has 18 heavy (non-hydrogen) atoms. The van der Waals surface area contributed by atoms with E-state index in [0.29, 0.717) is 5.41 Å². The van der Waals surface area contributed by atoms with E-state index < -0.39 is 0 Å². The van der Waals surface area contributed by atoms with Gasteiger partial charge in [-0.3, -0.25) is 0 Å². The van der Waals surface area contributed by atoms with E-state index in [1.807, 2.05) is 0 Å². The molecule has 3 rings (SSSR count). The van der Waals surface area contributed by atoms with Gasteiger partial charge in [0.1, 0.15) is 0 Å². The van der Waals surface area contributed by atoms with E-state index in [2.05, 4.69) is 43.0 Å². The minimum atomic E-state index is 0.625. The van der Waals surface area contributed by atoms with Crippen LogP contribution in [0, 0.1) is 5.41 Å². The number of nitrogens with zero attached hydrogens (tertiary/aromatic N) is 1. The number of hydrogen-bond donors (Lipinski definition) is 0. The third-order valence-corrected chi connectivity index (χ3v) is 5.20. The smallest absolute Gasteiger partial charge is 0.00385 e. The third-order valence-electron chi connectivity index (χ3n) is 5.20. The van der Waals surface area contributed by atoms with Gasteiger partial charge in [-0.15, -0.1) is 0 Å². The molecular weight excluding hydrogens is 218 g/mol. The first-order valence-electron chi connectivity index (χ1n) is 7.49. The van der Waals surface area contributed by atoms with Crippen molar-refractivity contribution < 1.29 is 0 Å². The van der Waals surface area contributed by atoms with E-state index in [0.717, 1.165) is 6.04 Å². The Morgan fingerprint density at radius 3 is 2.33 bits per heavy atom. The largest absolute Gasteiger partial charge is 0.301 e. The van der Waals surface area contributed by atoms with Gasteiger partial charge in [0, 0.05) is 6.04 Å². The van der Waals surface area contributed by atoms with Gasteiger partial charge in [-0.1, -0.05) is 24.3 Å². The number of benzene rings is 1. The van der Waals surface area contributed by atoms with Crippen LogP contribution in [0.15, 0.2) is 24.3 Å². The van der Waals surface area contributed by atoms with Crippen molar-refractivity contribution in [2.45, 2.75) is 52.0 Å². The number of likely N-dealkylation sites (tertiary alicyclic amines) is 1. The second-order valence-electron chi connectivity index (χ2n) is 6.58. The molecule has 0 atom stereocenters. The maximum Gasteiger partial charge on any atom is 0.00385 e. The minimum absolute atomic E-state index is 0.625. The summed E-state index contributed by atoms with van der Waals surface area (Å²) < 4.78 is 0. The van der Waals surface area contributed by atoms with E-state index in [4.69, 9.17) is 0 Å². The zero-order valence-corrected chi connectivity index (χ0v) is 11.8. The van der Waals surface area contributed by atoms with Crippen LogP contribution in [0.1, 0.15) is 44.2 Å². The molecule has 1 aliphatic heterocycles. The number of aryl methyl sites for hydroxylation is 1. The Bertz CT molecular complexity index is 413. The summed E-state index contributed by atoms with van der Waals surface area (Å²) in [4.78, 5) is 2.64. The standard InChI is InChI=1S/C17H25N/c1-14(2)18-11-9-17(10-12-18)8-7-15-5-3-4-6-16(15)13-17/h3-6,14H,7-13H2,1-2H3. The zero-order valence-electron chi connectivity index (χ0n) is 11.8. The van der Waals surface area contributed by atoms with Crippen LogP contribution in [-0.2, 0) is 12.8 Å². The first-order chi connectivity index (χ1) is 8.69. The molecule has 0 saturated carbocycles. The van der Waals surface area contributed by atoms with E-state index in [9.17, 15) is 0 Å². The Labute approximate surface area is 111 Å². The van der Waals surface area contributed by atoms with Crippen LogP contribution in [-0.4, -0.2) is 24.0 Å². The van der Waals surface area contributed by atoms with Crippen LogP contribution < -0.4 is 0 Å². The lowest BCUT2D eigenvalue weighted by atomic mass is 9.66. The van der Waals surface area contributed by atoms with Crippen molar-refractivity contribution in [1.29, 1.82) is 0 Å². The van der Waals surface area contributed by atoms with Crippen molar-refractivity contribution in [2.24, 2.45) is 5.41 Å². The summed E-state index contributed by atoms with van der Waals surface area (Å²) in [5, 5.41) is 0. The van der Waals surface area contributed by atoms with E-state index in [1.165, 1.54) is 45.2 Å². The molecular formula is C17H25N. The normalized spacial score (nSPS) is 23.3. The molecule has 0 bridgehead atoms. The summed E-state index contributed by atoms with van der Waals surface area (Å²) in [5.41, 5.74) is 3.86. The van der Waals surface area contributed by atoms with E-state index in [-0.39, 0.29) is 0 Å². The molecule has 0 radical (unpaired) electrons. The molecule has 1 fully saturated rings. The summed E-state index contributed by atoms with van der Waals surface area (Å²) >= 11 is 0. The maximum absolute atomic E-state index is 2.64. The van der Waals surface area contributed by atoms with Crippen LogP contribution in [0.3, 0.4) is 0 Å². The predicted molar refractivity (Wildman–Crippen MR) is 76.8 cm³/mol. The lowest BCUT2D eigenvalue weighted by molar-refractivity contribution is 0.0715. The summed E-state index contributed by atoms with van der Waals surface area (Å²) in [6.45, 7) is 7.27. The molecule has 1 heterocycles. The van der Waals surface area contributed by atoms with Gasteiger partial charge >= 0.3 is 0 Å². The maximum atomic E-state index is 2.64. The Balaban J connectivity index is 1.72. The van der Waals surface area contributed by atoms with Crippen molar-refractivity contribution in [3.8, 4) is 0 Å². The minimum Gasteiger partial charge on any atom is -0.301 e. The summed E-state index contributed by atoms with van der Waals surface area (Å²) in [5.74, 6) is 0. The van der Waals surface area contributed by atoms with E-state index in [1.54, 1.807) is 11.1 Å². The lowest BCUT2D eigenvalue weighted by Crippen LogP contribution is -2.45. The predicted octanol–water partition coefficient (Wildman–Crippen LogP) is 3.67. The molecule has 0 unspecified atom stereocenters. The molecule has 0 N–H and O–H groups in total. The molecule has 1 aromatic rings. The van der Waals surface area contributed by atoms with Crippen LogP contribution in [0.5, 0.6) is 0 Å². The number of rotatable bonds is 1. The summed E-state index contributed by atoms with van der Waals surface area (Å²) in [6.07, 6.45) is 6.85. The van der Waals surface area contributed by atoms with Crippen LogP contribution in [0.25, 0.3) is 0 Å². The molecule has 2 aliphatic rings. The summed E-state index contributed by atoms with van der Waals surface area (Å²) in [7, 11) is 0. The van der Waals surface area contributed by atoms with Gasteiger partial charge in [-0.25, -0.2) is 0 Å². The van der Waals surface area contributed by atoms with Crippen molar-refractivity contribution in [3.05, 3.63) is 35.4 Å². The molecule has 1 aromatic carbocycles. The van der Waals surface area contributed by atoms with Gasteiger partial charge in [0.2, 0.25) is 0 Å². The molecule has 0 aromatic heterocycles. The molecule has 1 aliphatic carbocycles. The highest BCUT2D eigenvalue weighted by Gasteiger charge is 2.37. The molecule has 1 spiro atoms. The average molecular weight is 243 g/mol. The van der Waals surface area contributed by atoms with Crippen LogP contribution in [0.2, 0.25) is 0 Å². The van der Waals surface area contributed by atoms with E-state index >= 15 is 0 Å². The fourth-order valence-corrected chi connectivity index (χ4v) is 3.81. The molecule has 1 nitrogen and oxygen atoms in total. The highest BCUT2D eigenvalue weighted by Crippen LogP contribution is 2.43. The van der Waals surface area contributed by atoms with Gasteiger partial charge in [0.15, 0.2) is 0 Å². The first-order valence-corrected chi connectivity index (χ1v) is 7.49. The van der Waals surface area contributed by atoms with Gasteiger partial charge in [-0.05, 0) is 75.6 Å². The molecule has 1 saturated heterocycles. The average Bonchev–Trinajstić information content (AvgIpc) is 2.39. The first kappa shape index (κ1) is 12.2. The monoisotopic (exact) mass is 243 g/mol. The van der Waals surface area contributed by atoms with Gasteiger partial charge in [0.05, 0.1) is 0 Å². The van der Waals surface area contributed by atoms with Crippen molar-refractivity contribution in [3.63, 3.8) is 0 Å². The van der Waals surface area contributed by atoms with Gasteiger partial charge in [-0.2, -0.15) is 0 Å². The fourth-order valence-electron chi connectivity index (χ4n) is 3.81. The highest BCUT2D eigenvalue weighted by atomic mass is 15.2. The second kappa shape index (κ2) is 4.70.